The van der Waals surface area contributed by atoms with Crippen molar-refractivity contribution < 1.29 is 93.9 Å². The second-order valence-corrected chi connectivity index (χ2v) is 13.6. The van der Waals surface area contributed by atoms with Crippen LogP contribution >= 0.6 is 0 Å². The van der Waals surface area contributed by atoms with Crippen molar-refractivity contribution in [1.82, 2.24) is 5.32 Å². The Morgan fingerprint density at radius 1 is 0.608 bits per heavy atom. The minimum atomic E-state index is -1.93. The Labute approximate surface area is 291 Å². The number of aldehydes is 1. The van der Waals surface area contributed by atoms with Gasteiger partial charge in [0.15, 0.2) is 12.2 Å². The minimum absolute atomic E-state index is 0.281. The molecule has 4 heterocycles. The summed E-state index contributed by atoms with van der Waals surface area (Å²) in [6.07, 6.45) is -28.0. The highest BCUT2D eigenvalue weighted by Crippen LogP contribution is 2.40. The van der Waals surface area contributed by atoms with E-state index in [0.29, 0.717) is 6.29 Å². The number of carboxylic acid groups (broad SMARTS) is 2. The zero-order valence-electron chi connectivity index (χ0n) is 28.1. The van der Waals surface area contributed by atoms with Gasteiger partial charge in [-0.25, -0.2) is 9.59 Å². The van der Waals surface area contributed by atoms with Gasteiger partial charge in [0.2, 0.25) is 5.91 Å². The number of ether oxygens (including phenoxy) is 5. The second-order valence-electron chi connectivity index (χ2n) is 13.6. The molecule has 20 heteroatoms. The summed E-state index contributed by atoms with van der Waals surface area (Å²) in [6, 6.07) is 0. The Bertz CT molecular complexity index is 1230. The zero-order valence-corrected chi connectivity index (χ0v) is 28.1. The van der Waals surface area contributed by atoms with E-state index in [1.165, 1.54) is 7.05 Å². The normalized spacial score (nSPS) is 47.7. The van der Waals surface area contributed by atoms with Gasteiger partial charge in [-0.3, -0.25) is 4.79 Å². The molecule has 4 aliphatic rings. The molecule has 20 atom stereocenters. The standard InChI is InChI=1S/C31H49NO19/c1-4-12-20(37)17(34)9(16(8-33)48-12)5-13-21(38)18(35)10(25(49-13)29(42)32-2)6-14-22(39)19(36)11(26(50-14)30(43)44)7-15-23(40)24(41)27(47-3)28(51-15)31(45)46/h8-28,34-41H,4-7H2,1-3H3,(H,32,42)(H,43,44)(H,45,46). The summed E-state index contributed by atoms with van der Waals surface area (Å²) in [5, 5.41) is 109. The molecule has 292 valence electrons. The number of aliphatic hydroxyl groups excluding tert-OH is 8. The van der Waals surface area contributed by atoms with Crippen molar-refractivity contribution in [3.05, 3.63) is 0 Å². The molecule has 0 aliphatic carbocycles. The van der Waals surface area contributed by atoms with Gasteiger partial charge in [0.05, 0.1) is 42.7 Å². The molecule has 1 amide bonds. The van der Waals surface area contributed by atoms with Gasteiger partial charge in [0, 0.05) is 31.9 Å². The van der Waals surface area contributed by atoms with Crippen LogP contribution < -0.4 is 5.32 Å². The summed E-state index contributed by atoms with van der Waals surface area (Å²) in [4.78, 5) is 49.0. The van der Waals surface area contributed by atoms with Gasteiger partial charge in [-0.05, 0) is 25.7 Å². The van der Waals surface area contributed by atoms with E-state index in [1.807, 2.05) is 0 Å². The summed E-state index contributed by atoms with van der Waals surface area (Å²) in [7, 11) is 2.34. The molecule has 0 aromatic carbocycles. The van der Waals surface area contributed by atoms with Gasteiger partial charge < -0.3 is 84.9 Å². The summed E-state index contributed by atoms with van der Waals surface area (Å²) >= 11 is 0. The lowest BCUT2D eigenvalue weighted by Gasteiger charge is -2.48. The maximum absolute atomic E-state index is 13.0. The molecular formula is C31H49NO19. The second kappa shape index (κ2) is 17.1. The first-order chi connectivity index (χ1) is 24.0. The number of methoxy groups -OCH3 is 1. The Morgan fingerprint density at radius 3 is 1.47 bits per heavy atom. The predicted octanol–water partition coefficient (Wildman–Crippen LogP) is -5.50. The van der Waals surface area contributed by atoms with Crippen LogP contribution in [0.15, 0.2) is 0 Å². The SMILES string of the molecule is CCC1OC(C=O)C(CC2OC(C(=O)NC)C(CC3OC(C(=O)O)C(CC4OC(C(=O)O)C(OC)C(O)C4O)C(O)C3O)C(O)C2O)C(O)C1O. The molecule has 20 nitrogen and oxygen atoms in total. The number of carboxylic acids is 2. The van der Waals surface area contributed by atoms with Crippen molar-refractivity contribution in [2.45, 2.75) is 136 Å². The van der Waals surface area contributed by atoms with E-state index in [0.717, 1.165) is 7.11 Å². The lowest BCUT2D eigenvalue weighted by Crippen LogP contribution is -2.64. The molecule has 4 aliphatic heterocycles. The minimum Gasteiger partial charge on any atom is -0.479 e. The quantitative estimate of drug-likeness (QED) is 0.0832. The lowest BCUT2D eigenvalue weighted by atomic mass is 9.75. The molecule has 11 N–H and O–H groups in total. The fourth-order valence-electron chi connectivity index (χ4n) is 7.80. The number of carbonyl (C=O) groups excluding carboxylic acids is 2. The Balaban J connectivity index is 1.53. The van der Waals surface area contributed by atoms with Gasteiger partial charge in [-0.1, -0.05) is 6.92 Å². The van der Waals surface area contributed by atoms with E-state index in [9.17, 15) is 70.2 Å². The van der Waals surface area contributed by atoms with Gasteiger partial charge in [0.1, 0.15) is 55.1 Å². The third kappa shape index (κ3) is 8.22. The lowest BCUT2D eigenvalue weighted by molar-refractivity contribution is -0.257. The van der Waals surface area contributed by atoms with E-state index in [2.05, 4.69) is 5.32 Å². The van der Waals surface area contributed by atoms with Crippen LogP contribution in [0.25, 0.3) is 0 Å². The zero-order chi connectivity index (χ0) is 38.1. The Morgan fingerprint density at radius 2 is 1.02 bits per heavy atom. The average Bonchev–Trinajstić information content (AvgIpc) is 3.10. The van der Waals surface area contributed by atoms with Crippen LogP contribution in [-0.2, 0) is 42.9 Å². The van der Waals surface area contributed by atoms with E-state index in [4.69, 9.17) is 23.7 Å². The molecule has 4 fully saturated rings. The number of hydrogen-bond acceptors (Lipinski definition) is 17. The smallest absolute Gasteiger partial charge is 0.335 e. The van der Waals surface area contributed by atoms with Gasteiger partial charge >= 0.3 is 11.9 Å². The molecule has 0 saturated carbocycles. The largest absolute Gasteiger partial charge is 0.479 e. The monoisotopic (exact) mass is 739 g/mol. The number of likely N-dealkylation sites (N-methyl/N-ethyl adjacent to an activating group) is 1. The first-order valence-corrected chi connectivity index (χ1v) is 16.7. The van der Waals surface area contributed by atoms with Crippen molar-refractivity contribution in [3.8, 4) is 0 Å². The summed E-state index contributed by atoms with van der Waals surface area (Å²) < 4.78 is 27.6. The Kier molecular flexibility index (Phi) is 13.9. The summed E-state index contributed by atoms with van der Waals surface area (Å²) in [5.74, 6) is -8.04. The molecule has 0 spiro atoms. The van der Waals surface area contributed by atoms with E-state index in [-0.39, 0.29) is 12.8 Å². The molecule has 0 aromatic rings. The topological polar surface area (TPSA) is 329 Å². The number of rotatable bonds is 12. The van der Waals surface area contributed by atoms with Gasteiger partial charge in [0.25, 0.3) is 0 Å². The number of nitrogens with one attached hydrogen (secondary N) is 1. The highest BCUT2D eigenvalue weighted by Gasteiger charge is 2.56. The van der Waals surface area contributed by atoms with Crippen LogP contribution in [0.2, 0.25) is 0 Å². The molecule has 4 saturated heterocycles. The first-order valence-electron chi connectivity index (χ1n) is 16.7. The molecule has 0 radical (unpaired) electrons. The highest BCUT2D eigenvalue weighted by molar-refractivity contribution is 5.81. The number of amides is 1. The Hall–Kier alpha value is -2.44. The third-order valence-corrected chi connectivity index (χ3v) is 10.7. The molecule has 4 rings (SSSR count). The van der Waals surface area contributed by atoms with Crippen LogP contribution in [0.5, 0.6) is 0 Å². The first kappa shape index (κ1) is 41.3. The summed E-state index contributed by atoms with van der Waals surface area (Å²) in [5.41, 5.74) is 0. The highest BCUT2D eigenvalue weighted by atomic mass is 16.6. The number of aliphatic carboxylic acids is 2. The van der Waals surface area contributed by atoms with E-state index >= 15 is 0 Å². The molecule has 0 aromatic heterocycles. The van der Waals surface area contributed by atoms with Crippen LogP contribution in [0.4, 0.5) is 0 Å². The maximum atomic E-state index is 13.0. The predicted molar refractivity (Wildman–Crippen MR) is 164 cm³/mol. The summed E-state index contributed by atoms with van der Waals surface area (Å²) in [6.45, 7) is 1.68. The van der Waals surface area contributed by atoms with E-state index < -0.39 is 152 Å². The van der Waals surface area contributed by atoms with Crippen molar-refractivity contribution >= 4 is 24.1 Å². The van der Waals surface area contributed by atoms with Gasteiger partial charge in [-0.15, -0.1) is 0 Å². The fourth-order valence-corrected chi connectivity index (χ4v) is 7.80. The van der Waals surface area contributed by atoms with Crippen molar-refractivity contribution in [2.24, 2.45) is 17.8 Å². The van der Waals surface area contributed by atoms with Gasteiger partial charge in [-0.2, -0.15) is 0 Å². The van der Waals surface area contributed by atoms with Crippen molar-refractivity contribution in [2.75, 3.05) is 14.2 Å². The van der Waals surface area contributed by atoms with Crippen molar-refractivity contribution in [1.29, 1.82) is 0 Å². The number of aliphatic hydroxyl groups is 8. The van der Waals surface area contributed by atoms with Crippen LogP contribution in [0.3, 0.4) is 0 Å². The third-order valence-electron chi connectivity index (χ3n) is 10.7. The average molecular weight is 740 g/mol. The maximum Gasteiger partial charge on any atom is 0.335 e. The fraction of sp³-hybridized carbons (Fsp3) is 0.871. The van der Waals surface area contributed by atoms with Crippen molar-refractivity contribution in [3.63, 3.8) is 0 Å². The van der Waals surface area contributed by atoms with Crippen LogP contribution in [0.1, 0.15) is 32.6 Å². The van der Waals surface area contributed by atoms with E-state index in [1.54, 1.807) is 6.92 Å². The molecule has 0 bridgehead atoms. The number of hydrogen-bond donors (Lipinski definition) is 11. The molecular weight excluding hydrogens is 690 g/mol. The molecule has 51 heavy (non-hydrogen) atoms. The van der Waals surface area contributed by atoms with Crippen LogP contribution in [0, 0.1) is 17.8 Å². The molecule has 20 unspecified atom stereocenters. The number of carbonyl (C=O) groups is 4. The van der Waals surface area contributed by atoms with Crippen LogP contribution in [-0.4, -0.2) is 193 Å².